The Hall–Kier alpha value is -1.18. The topological polar surface area (TPSA) is 30.5 Å². The van der Waals surface area contributed by atoms with Crippen LogP contribution in [0.25, 0.3) is 0 Å². The molecular formula is C15H17F4NO2. The Labute approximate surface area is 125 Å². The first-order valence-corrected chi connectivity index (χ1v) is 7.23. The Morgan fingerprint density at radius 3 is 2.45 bits per heavy atom. The molecule has 0 saturated carbocycles. The summed E-state index contributed by atoms with van der Waals surface area (Å²) in [5.41, 5.74) is -0.838. The molecule has 2 heterocycles. The van der Waals surface area contributed by atoms with Crippen molar-refractivity contribution in [3.05, 3.63) is 35.1 Å². The second kappa shape index (κ2) is 6.14. The molecule has 0 spiro atoms. The lowest BCUT2D eigenvalue weighted by Crippen LogP contribution is -2.55. The van der Waals surface area contributed by atoms with Gasteiger partial charge < -0.3 is 14.8 Å². The zero-order valence-electron chi connectivity index (χ0n) is 11.8. The Bertz CT molecular complexity index is 523. The maximum atomic E-state index is 13.8. The Morgan fingerprint density at radius 1 is 1.18 bits per heavy atom. The van der Waals surface area contributed by atoms with Gasteiger partial charge in [-0.2, -0.15) is 13.2 Å². The van der Waals surface area contributed by atoms with Crippen molar-refractivity contribution in [3.63, 3.8) is 0 Å². The second-order valence-corrected chi connectivity index (χ2v) is 5.81. The zero-order valence-corrected chi connectivity index (χ0v) is 11.8. The van der Waals surface area contributed by atoms with Crippen LogP contribution in [0.1, 0.15) is 24.0 Å². The van der Waals surface area contributed by atoms with Crippen molar-refractivity contribution in [3.8, 4) is 0 Å². The van der Waals surface area contributed by atoms with Gasteiger partial charge in [0.2, 0.25) is 0 Å². The average molecular weight is 319 g/mol. The predicted octanol–water partition coefficient (Wildman–Crippen LogP) is 2.88. The van der Waals surface area contributed by atoms with Crippen molar-refractivity contribution in [1.82, 2.24) is 5.32 Å². The van der Waals surface area contributed by atoms with Gasteiger partial charge in [0.05, 0.1) is 31.5 Å². The third kappa shape index (κ3) is 3.59. The SMILES string of the molecule is Fc1cc(C(F)(F)F)ccc1CO[C@H]1C[C@H]2COC[C@@H](C1)N2. The van der Waals surface area contributed by atoms with Crippen molar-refractivity contribution >= 4 is 0 Å². The van der Waals surface area contributed by atoms with E-state index in [0.29, 0.717) is 19.3 Å². The lowest BCUT2D eigenvalue weighted by molar-refractivity contribution is -0.137. The molecule has 122 valence electrons. The largest absolute Gasteiger partial charge is 0.416 e. The van der Waals surface area contributed by atoms with Crippen molar-refractivity contribution in [1.29, 1.82) is 0 Å². The third-order valence-corrected chi connectivity index (χ3v) is 4.06. The lowest BCUT2D eigenvalue weighted by atomic mass is 9.95. The van der Waals surface area contributed by atoms with E-state index in [1.807, 2.05) is 0 Å². The number of ether oxygens (including phenoxy) is 2. The number of piperidine rings is 1. The first-order chi connectivity index (χ1) is 10.4. The summed E-state index contributed by atoms with van der Waals surface area (Å²) in [5, 5.41) is 3.41. The van der Waals surface area contributed by atoms with Crippen LogP contribution in [0.2, 0.25) is 0 Å². The van der Waals surface area contributed by atoms with E-state index < -0.39 is 17.6 Å². The maximum absolute atomic E-state index is 13.8. The Kier molecular flexibility index (Phi) is 4.38. The Balaban J connectivity index is 1.59. The number of halogens is 4. The molecular weight excluding hydrogens is 302 g/mol. The minimum atomic E-state index is -4.54. The molecule has 7 heteroatoms. The highest BCUT2D eigenvalue weighted by Crippen LogP contribution is 2.30. The maximum Gasteiger partial charge on any atom is 0.416 e. The van der Waals surface area contributed by atoms with Crippen molar-refractivity contribution in [2.45, 2.75) is 43.8 Å². The van der Waals surface area contributed by atoms with Crippen LogP contribution in [-0.4, -0.2) is 31.4 Å². The van der Waals surface area contributed by atoms with Crippen molar-refractivity contribution < 1.29 is 27.0 Å². The van der Waals surface area contributed by atoms with Gasteiger partial charge in [0.15, 0.2) is 0 Å². The molecule has 22 heavy (non-hydrogen) atoms. The number of hydrogen-bond donors (Lipinski definition) is 1. The van der Waals surface area contributed by atoms with Gasteiger partial charge in [0.1, 0.15) is 5.82 Å². The van der Waals surface area contributed by atoms with Crippen molar-refractivity contribution in [2.24, 2.45) is 0 Å². The van der Waals surface area contributed by atoms with E-state index in [0.717, 1.165) is 25.0 Å². The van der Waals surface area contributed by atoms with Crippen LogP contribution >= 0.6 is 0 Å². The van der Waals surface area contributed by atoms with E-state index in [1.54, 1.807) is 0 Å². The van der Waals surface area contributed by atoms with E-state index in [4.69, 9.17) is 9.47 Å². The lowest BCUT2D eigenvalue weighted by Gasteiger charge is -2.39. The standard InChI is InChI=1S/C15H17F4NO2/c16-14-3-10(15(17,18)19)2-1-9(14)6-22-13-4-11-7-21-8-12(5-13)20-11/h1-3,11-13,20H,4-8H2/t11-,12+,13-. The number of morpholine rings is 1. The van der Waals surface area contributed by atoms with Gasteiger partial charge in [-0.1, -0.05) is 6.07 Å². The fourth-order valence-corrected chi connectivity index (χ4v) is 2.97. The van der Waals surface area contributed by atoms with Crippen LogP contribution in [0, 0.1) is 5.82 Å². The van der Waals surface area contributed by atoms with E-state index in [9.17, 15) is 17.6 Å². The third-order valence-electron chi connectivity index (χ3n) is 4.06. The first-order valence-electron chi connectivity index (χ1n) is 7.23. The molecule has 0 aromatic heterocycles. The molecule has 1 aromatic carbocycles. The highest BCUT2D eigenvalue weighted by molar-refractivity contribution is 5.26. The fourth-order valence-electron chi connectivity index (χ4n) is 2.97. The molecule has 1 N–H and O–H groups in total. The summed E-state index contributed by atoms with van der Waals surface area (Å²) in [7, 11) is 0. The summed E-state index contributed by atoms with van der Waals surface area (Å²) in [4.78, 5) is 0. The van der Waals surface area contributed by atoms with E-state index >= 15 is 0 Å². The van der Waals surface area contributed by atoms with Crippen LogP contribution in [0.5, 0.6) is 0 Å². The van der Waals surface area contributed by atoms with Crippen LogP contribution in [-0.2, 0) is 22.3 Å². The molecule has 3 nitrogen and oxygen atoms in total. The number of nitrogens with one attached hydrogen (secondary N) is 1. The minimum Gasteiger partial charge on any atom is -0.378 e. The summed E-state index contributed by atoms with van der Waals surface area (Å²) in [6, 6.07) is 3.00. The average Bonchev–Trinajstić information content (AvgIpc) is 2.44. The molecule has 0 aliphatic carbocycles. The molecule has 2 fully saturated rings. The first kappa shape index (κ1) is 15.7. The monoisotopic (exact) mass is 319 g/mol. The van der Waals surface area contributed by atoms with Crippen LogP contribution in [0.3, 0.4) is 0 Å². The summed E-state index contributed by atoms with van der Waals surface area (Å²) in [5.74, 6) is -0.882. The van der Waals surface area contributed by atoms with Crippen LogP contribution in [0.4, 0.5) is 17.6 Å². The summed E-state index contributed by atoms with van der Waals surface area (Å²) in [6.45, 7) is 1.24. The fraction of sp³-hybridized carbons (Fsp3) is 0.600. The van der Waals surface area contributed by atoms with E-state index in [2.05, 4.69) is 5.32 Å². The van der Waals surface area contributed by atoms with Crippen molar-refractivity contribution in [2.75, 3.05) is 13.2 Å². The molecule has 3 atom stereocenters. The molecule has 1 aromatic rings. The molecule has 3 rings (SSSR count). The number of rotatable bonds is 3. The van der Waals surface area contributed by atoms with Gasteiger partial charge in [-0.25, -0.2) is 4.39 Å². The van der Waals surface area contributed by atoms with Gasteiger partial charge in [-0.05, 0) is 25.0 Å². The van der Waals surface area contributed by atoms with Gasteiger partial charge in [-0.15, -0.1) is 0 Å². The highest BCUT2D eigenvalue weighted by Gasteiger charge is 2.33. The summed E-state index contributed by atoms with van der Waals surface area (Å²) >= 11 is 0. The van der Waals surface area contributed by atoms with Gasteiger partial charge in [-0.3, -0.25) is 0 Å². The second-order valence-electron chi connectivity index (χ2n) is 5.81. The predicted molar refractivity (Wildman–Crippen MR) is 70.7 cm³/mol. The van der Waals surface area contributed by atoms with Gasteiger partial charge in [0.25, 0.3) is 0 Å². The minimum absolute atomic E-state index is 0.0189. The highest BCUT2D eigenvalue weighted by atomic mass is 19.4. The quantitative estimate of drug-likeness (QED) is 0.869. The molecule has 2 bridgehead atoms. The van der Waals surface area contributed by atoms with Crippen LogP contribution < -0.4 is 5.32 Å². The normalized spacial score (nSPS) is 28.6. The van der Waals surface area contributed by atoms with E-state index in [1.165, 1.54) is 0 Å². The smallest absolute Gasteiger partial charge is 0.378 e. The summed E-state index contributed by atoms with van der Waals surface area (Å²) < 4.78 is 62.3. The Morgan fingerprint density at radius 2 is 1.86 bits per heavy atom. The number of fused-ring (bicyclic) bond motifs is 2. The number of alkyl halides is 3. The number of hydrogen-bond acceptors (Lipinski definition) is 3. The van der Waals surface area contributed by atoms with Crippen LogP contribution in [0.15, 0.2) is 18.2 Å². The molecule has 2 saturated heterocycles. The zero-order chi connectivity index (χ0) is 15.7. The summed E-state index contributed by atoms with van der Waals surface area (Å²) in [6.07, 6.45) is -3.04. The van der Waals surface area contributed by atoms with Gasteiger partial charge in [0, 0.05) is 17.6 Å². The van der Waals surface area contributed by atoms with E-state index in [-0.39, 0.29) is 30.4 Å². The molecule has 2 aliphatic heterocycles. The number of benzene rings is 1. The molecule has 0 radical (unpaired) electrons. The van der Waals surface area contributed by atoms with Gasteiger partial charge >= 0.3 is 6.18 Å². The molecule has 0 unspecified atom stereocenters. The molecule has 0 amide bonds. The molecule has 2 aliphatic rings.